The maximum atomic E-state index is 13.6. The maximum Gasteiger partial charge on any atom is 0.277 e. The van der Waals surface area contributed by atoms with Crippen molar-refractivity contribution in [2.75, 3.05) is 5.75 Å². The van der Waals surface area contributed by atoms with Crippen molar-refractivity contribution < 1.29 is 18.3 Å². The Balaban J connectivity index is 1.45. The lowest BCUT2D eigenvalue weighted by atomic mass is 10.2. The molecule has 1 N–H and O–H groups in total. The molecule has 0 aliphatic rings. The quantitative estimate of drug-likeness (QED) is 0.272. The lowest BCUT2D eigenvalue weighted by Gasteiger charge is -2.05. The van der Waals surface area contributed by atoms with E-state index in [1.807, 2.05) is 0 Å². The van der Waals surface area contributed by atoms with Gasteiger partial charge in [-0.15, -0.1) is 10.2 Å². The zero-order valence-corrected chi connectivity index (χ0v) is 18.0. The number of thioether (sulfide) groups is 1. The topological polar surface area (TPSA) is 89.6 Å². The number of benzene rings is 2. The zero-order valence-electron chi connectivity index (χ0n) is 14.9. The highest BCUT2D eigenvalue weighted by molar-refractivity contribution is 7.99. The minimum absolute atomic E-state index is 0.00516. The van der Waals surface area contributed by atoms with Gasteiger partial charge < -0.3 is 9.15 Å². The third-order valence-electron chi connectivity index (χ3n) is 3.40. The predicted octanol–water partition coefficient (Wildman–Crippen LogP) is 4.99. The van der Waals surface area contributed by atoms with Gasteiger partial charge >= 0.3 is 0 Å². The van der Waals surface area contributed by atoms with Crippen LogP contribution in [0.3, 0.4) is 0 Å². The summed E-state index contributed by atoms with van der Waals surface area (Å²) < 4.78 is 24.5. The van der Waals surface area contributed by atoms with Crippen LogP contribution in [0.4, 0.5) is 4.39 Å². The lowest BCUT2D eigenvalue weighted by molar-refractivity contribution is -0.118. The molecule has 0 unspecified atom stereocenters. The number of hydrogen-bond acceptors (Lipinski definition) is 7. The summed E-state index contributed by atoms with van der Waals surface area (Å²) >= 11 is 18.7. The number of hydrazone groups is 1. The predicted molar refractivity (Wildman–Crippen MR) is 113 cm³/mol. The maximum absolute atomic E-state index is 13.6. The molecule has 0 aliphatic carbocycles. The van der Waals surface area contributed by atoms with E-state index in [9.17, 15) is 9.18 Å². The first-order valence-corrected chi connectivity index (χ1v) is 10.3. The average molecular weight is 490 g/mol. The van der Waals surface area contributed by atoms with Crippen molar-refractivity contribution in [1.29, 1.82) is 0 Å². The second-order valence-electron chi connectivity index (χ2n) is 5.54. The zero-order chi connectivity index (χ0) is 21.5. The van der Waals surface area contributed by atoms with Gasteiger partial charge in [0, 0.05) is 10.6 Å². The molecule has 3 rings (SSSR count). The van der Waals surface area contributed by atoms with Gasteiger partial charge in [-0.3, -0.25) is 4.79 Å². The number of carbonyl (C=O) groups excluding carboxylic acids is 1. The van der Waals surface area contributed by atoms with Gasteiger partial charge in [-0.25, -0.2) is 9.82 Å². The number of aromatic nitrogens is 2. The van der Waals surface area contributed by atoms with Crippen LogP contribution < -0.4 is 10.2 Å². The van der Waals surface area contributed by atoms with Crippen molar-refractivity contribution in [3.05, 3.63) is 68.7 Å². The Morgan fingerprint density at radius 3 is 2.83 bits per heavy atom. The molecule has 2 aromatic carbocycles. The van der Waals surface area contributed by atoms with Gasteiger partial charge in [0.15, 0.2) is 6.61 Å². The molecule has 0 bridgehead atoms. The SMILES string of the molecule is O=C(CSc1nnc(COc2ccc(Cl)cc2Cl)o1)N/N=C\c1c(F)cccc1Cl. The summed E-state index contributed by atoms with van der Waals surface area (Å²) in [6, 6.07) is 9.03. The Labute approximate surface area is 189 Å². The van der Waals surface area contributed by atoms with Crippen LogP contribution in [-0.4, -0.2) is 28.1 Å². The minimum atomic E-state index is -0.546. The third-order valence-corrected chi connectivity index (χ3v) is 5.08. The van der Waals surface area contributed by atoms with E-state index in [0.717, 1.165) is 18.0 Å². The first kappa shape index (κ1) is 22.4. The number of amides is 1. The van der Waals surface area contributed by atoms with E-state index in [2.05, 4.69) is 20.7 Å². The summed E-state index contributed by atoms with van der Waals surface area (Å²) in [5.74, 6) is -0.423. The molecule has 0 atom stereocenters. The van der Waals surface area contributed by atoms with E-state index in [1.54, 1.807) is 18.2 Å². The number of ether oxygens (including phenoxy) is 1. The summed E-state index contributed by atoms with van der Waals surface area (Å²) in [5, 5.41) is 12.5. The molecule has 3 aromatic rings. The molecule has 30 heavy (non-hydrogen) atoms. The van der Waals surface area contributed by atoms with E-state index >= 15 is 0 Å². The van der Waals surface area contributed by atoms with Crippen molar-refractivity contribution in [3.8, 4) is 5.75 Å². The first-order chi connectivity index (χ1) is 14.4. The fourth-order valence-electron chi connectivity index (χ4n) is 2.05. The summed E-state index contributed by atoms with van der Waals surface area (Å²) in [4.78, 5) is 11.8. The molecule has 156 valence electrons. The molecule has 1 amide bonds. The first-order valence-electron chi connectivity index (χ1n) is 8.21. The number of rotatable bonds is 8. The van der Waals surface area contributed by atoms with Crippen molar-refractivity contribution >= 4 is 58.7 Å². The van der Waals surface area contributed by atoms with Gasteiger partial charge in [-0.1, -0.05) is 52.6 Å². The highest BCUT2D eigenvalue weighted by Crippen LogP contribution is 2.28. The number of carbonyl (C=O) groups is 1. The Morgan fingerprint density at radius 1 is 1.23 bits per heavy atom. The van der Waals surface area contributed by atoms with Crippen molar-refractivity contribution in [3.63, 3.8) is 0 Å². The van der Waals surface area contributed by atoms with Crippen LogP contribution in [0.2, 0.25) is 15.1 Å². The van der Waals surface area contributed by atoms with E-state index in [0.29, 0.717) is 15.8 Å². The Bertz CT molecular complexity index is 1060. The van der Waals surface area contributed by atoms with Crippen LogP contribution in [-0.2, 0) is 11.4 Å². The summed E-state index contributed by atoms with van der Waals surface area (Å²) in [6.45, 7) is -0.00516. The van der Waals surface area contributed by atoms with Crippen LogP contribution in [0.15, 0.2) is 51.1 Å². The molecule has 0 saturated carbocycles. The van der Waals surface area contributed by atoms with Gasteiger partial charge in [-0.2, -0.15) is 5.10 Å². The lowest BCUT2D eigenvalue weighted by Crippen LogP contribution is -2.19. The fourth-order valence-corrected chi connectivity index (χ4v) is 3.30. The number of halogens is 4. The van der Waals surface area contributed by atoms with Crippen LogP contribution >= 0.6 is 46.6 Å². The van der Waals surface area contributed by atoms with E-state index in [-0.39, 0.29) is 34.1 Å². The normalized spacial score (nSPS) is 11.1. The number of nitrogens with one attached hydrogen (secondary N) is 1. The monoisotopic (exact) mass is 488 g/mol. The van der Waals surface area contributed by atoms with E-state index in [4.69, 9.17) is 44.0 Å². The molecule has 0 radical (unpaired) electrons. The smallest absolute Gasteiger partial charge is 0.277 e. The molecule has 1 heterocycles. The fraction of sp³-hybridized carbons (Fsp3) is 0.111. The molecular formula is C18H12Cl3FN4O3S. The Morgan fingerprint density at radius 2 is 2.07 bits per heavy atom. The van der Waals surface area contributed by atoms with Crippen molar-refractivity contribution in [1.82, 2.24) is 15.6 Å². The molecule has 0 aliphatic heterocycles. The van der Waals surface area contributed by atoms with Gasteiger partial charge in [0.25, 0.3) is 17.0 Å². The highest BCUT2D eigenvalue weighted by atomic mass is 35.5. The standard InChI is InChI=1S/C18H12Cl3FN4O3S/c19-10-4-5-15(13(21)6-10)28-8-17-25-26-18(29-17)30-9-16(27)24-23-7-11-12(20)2-1-3-14(11)22/h1-7H,8-9H2,(H,24,27)/b23-7-. The molecule has 12 heteroatoms. The second-order valence-corrected chi connectivity index (χ2v) is 7.72. The second kappa shape index (κ2) is 10.6. The number of hydrogen-bond donors (Lipinski definition) is 1. The van der Waals surface area contributed by atoms with E-state index < -0.39 is 11.7 Å². The Kier molecular flexibility index (Phi) is 7.92. The van der Waals surface area contributed by atoms with Gasteiger partial charge in [-0.05, 0) is 30.3 Å². The molecule has 0 saturated heterocycles. The average Bonchev–Trinajstić information content (AvgIpc) is 3.16. The molecule has 0 spiro atoms. The Hall–Kier alpha value is -2.33. The molecule has 1 aromatic heterocycles. The van der Waals surface area contributed by atoms with E-state index in [1.165, 1.54) is 18.2 Å². The van der Waals surface area contributed by atoms with Crippen LogP contribution in [0.1, 0.15) is 11.5 Å². The minimum Gasteiger partial charge on any atom is -0.482 e. The summed E-state index contributed by atoms with van der Waals surface area (Å²) in [5.41, 5.74) is 2.34. The molecule has 7 nitrogen and oxygen atoms in total. The molecular weight excluding hydrogens is 478 g/mol. The van der Waals surface area contributed by atoms with Crippen molar-refractivity contribution in [2.45, 2.75) is 11.8 Å². The summed E-state index contributed by atoms with van der Waals surface area (Å²) in [6.07, 6.45) is 1.13. The van der Waals surface area contributed by atoms with Crippen LogP contribution in [0, 0.1) is 5.82 Å². The highest BCUT2D eigenvalue weighted by Gasteiger charge is 2.11. The largest absolute Gasteiger partial charge is 0.482 e. The third kappa shape index (κ3) is 6.33. The summed E-state index contributed by atoms with van der Waals surface area (Å²) in [7, 11) is 0. The number of nitrogens with zero attached hydrogens (tertiary/aromatic N) is 3. The van der Waals surface area contributed by atoms with Crippen molar-refractivity contribution in [2.24, 2.45) is 5.10 Å². The van der Waals surface area contributed by atoms with Crippen LogP contribution in [0.5, 0.6) is 5.75 Å². The van der Waals surface area contributed by atoms with Gasteiger partial charge in [0.2, 0.25) is 0 Å². The van der Waals surface area contributed by atoms with Crippen LogP contribution in [0.25, 0.3) is 0 Å². The van der Waals surface area contributed by atoms with Gasteiger partial charge in [0.1, 0.15) is 11.6 Å². The molecule has 0 fully saturated rings. The van der Waals surface area contributed by atoms with Gasteiger partial charge in [0.05, 0.1) is 22.0 Å².